The van der Waals surface area contributed by atoms with E-state index in [0.29, 0.717) is 6.61 Å². The number of halogens is 1. The van der Waals surface area contributed by atoms with Crippen molar-refractivity contribution in [3.05, 3.63) is 70.7 Å². The molecule has 1 heterocycles. The molecule has 24 heavy (non-hydrogen) atoms. The zero-order valence-corrected chi connectivity index (χ0v) is 14.5. The van der Waals surface area contributed by atoms with Crippen molar-refractivity contribution in [3.8, 4) is 11.5 Å². The molecule has 0 saturated heterocycles. The van der Waals surface area contributed by atoms with E-state index in [2.05, 4.69) is 31.2 Å². The zero-order valence-electron chi connectivity index (χ0n) is 13.0. The van der Waals surface area contributed by atoms with Gasteiger partial charge in [-0.05, 0) is 48.0 Å². The van der Waals surface area contributed by atoms with Crippen LogP contribution in [0.4, 0.5) is 0 Å². The maximum absolute atomic E-state index is 5.82. The molecule has 3 aromatic rings. The number of benzene rings is 2. The molecule has 0 spiro atoms. The van der Waals surface area contributed by atoms with Crippen LogP contribution in [0.5, 0.6) is 11.5 Å². The molecule has 0 aliphatic carbocycles. The Morgan fingerprint density at radius 2 is 1.88 bits per heavy atom. The van der Waals surface area contributed by atoms with Gasteiger partial charge in [-0.1, -0.05) is 15.9 Å². The quantitative estimate of drug-likeness (QED) is 0.608. The van der Waals surface area contributed by atoms with Crippen LogP contribution in [0.1, 0.15) is 11.1 Å². The van der Waals surface area contributed by atoms with E-state index >= 15 is 0 Å². The highest BCUT2D eigenvalue weighted by Crippen LogP contribution is 2.22. The van der Waals surface area contributed by atoms with Crippen molar-refractivity contribution < 1.29 is 9.47 Å². The fraction of sp³-hybridized carbons (Fsp3) is 0.118. The van der Waals surface area contributed by atoms with Crippen molar-refractivity contribution in [1.29, 1.82) is 0 Å². The summed E-state index contributed by atoms with van der Waals surface area (Å²) in [5.41, 5.74) is 1.87. The van der Waals surface area contributed by atoms with E-state index in [9.17, 15) is 0 Å². The van der Waals surface area contributed by atoms with Gasteiger partial charge in [0.1, 0.15) is 30.8 Å². The summed E-state index contributed by atoms with van der Waals surface area (Å²) >= 11 is 3.41. The number of aromatic nitrogens is 3. The van der Waals surface area contributed by atoms with E-state index in [1.54, 1.807) is 13.3 Å². The number of rotatable bonds is 6. The molecule has 0 unspecified atom stereocenters. The van der Waals surface area contributed by atoms with Crippen LogP contribution >= 0.6 is 15.9 Å². The molecular formula is C17H15BrN4O2. The zero-order chi connectivity index (χ0) is 16.8. The summed E-state index contributed by atoms with van der Waals surface area (Å²) in [6.45, 7) is 0.402. The molecule has 0 amide bonds. The Labute approximate surface area is 147 Å². The number of hydrogen-bond acceptors (Lipinski definition) is 5. The van der Waals surface area contributed by atoms with Gasteiger partial charge in [-0.3, -0.25) is 0 Å². The van der Waals surface area contributed by atoms with Crippen LogP contribution in [-0.4, -0.2) is 28.2 Å². The predicted molar refractivity (Wildman–Crippen MR) is 94.5 cm³/mol. The monoisotopic (exact) mass is 386 g/mol. The third kappa shape index (κ3) is 4.20. The minimum Gasteiger partial charge on any atom is -0.496 e. The molecule has 0 atom stereocenters. The maximum Gasteiger partial charge on any atom is 0.141 e. The molecule has 0 aliphatic heterocycles. The van der Waals surface area contributed by atoms with Gasteiger partial charge in [0.2, 0.25) is 0 Å². The first-order valence-corrected chi connectivity index (χ1v) is 7.98. The summed E-state index contributed by atoms with van der Waals surface area (Å²) in [7, 11) is 1.64. The molecule has 2 aromatic carbocycles. The van der Waals surface area contributed by atoms with E-state index < -0.39 is 0 Å². The normalized spacial score (nSPS) is 10.9. The van der Waals surface area contributed by atoms with E-state index in [4.69, 9.17) is 9.47 Å². The summed E-state index contributed by atoms with van der Waals surface area (Å²) in [5.74, 6) is 1.57. The van der Waals surface area contributed by atoms with E-state index in [1.165, 1.54) is 17.3 Å². The maximum atomic E-state index is 5.82. The second-order valence-electron chi connectivity index (χ2n) is 4.90. The fourth-order valence-electron chi connectivity index (χ4n) is 2.07. The van der Waals surface area contributed by atoms with Crippen LogP contribution in [0.3, 0.4) is 0 Å². The summed E-state index contributed by atoms with van der Waals surface area (Å²) in [6, 6.07) is 13.5. The largest absolute Gasteiger partial charge is 0.496 e. The van der Waals surface area contributed by atoms with Crippen molar-refractivity contribution in [2.75, 3.05) is 7.11 Å². The lowest BCUT2D eigenvalue weighted by atomic mass is 10.1. The Morgan fingerprint density at radius 1 is 1.12 bits per heavy atom. The third-order valence-corrected chi connectivity index (χ3v) is 3.79. The van der Waals surface area contributed by atoms with Crippen LogP contribution in [0.15, 0.2) is 64.7 Å². The molecular weight excluding hydrogens is 372 g/mol. The highest BCUT2D eigenvalue weighted by atomic mass is 79.9. The molecule has 1 aromatic heterocycles. The molecule has 122 valence electrons. The molecule has 0 fully saturated rings. The highest BCUT2D eigenvalue weighted by molar-refractivity contribution is 9.10. The molecule has 0 saturated carbocycles. The number of hydrogen-bond donors (Lipinski definition) is 0. The van der Waals surface area contributed by atoms with E-state index in [0.717, 1.165) is 27.1 Å². The number of methoxy groups -OCH3 is 1. The first-order chi connectivity index (χ1) is 11.7. The van der Waals surface area contributed by atoms with Gasteiger partial charge in [0.25, 0.3) is 0 Å². The first kappa shape index (κ1) is 16.2. The van der Waals surface area contributed by atoms with Crippen molar-refractivity contribution in [2.24, 2.45) is 5.10 Å². The van der Waals surface area contributed by atoms with Crippen LogP contribution in [-0.2, 0) is 6.61 Å². The van der Waals surface area contributed by atoms with Gasteiger partial charge in [-0.15, -0.1) is 10.2 Å². The van der Waals surface area contributed by atoms with Crippen molar-refractivity contribution in [3.63, 3.8) is 0 Å². The second kappa shape index (κ2) is 7.74. The Balaban J connectivity index is 1.75. The van der Waals surface area contributed by atoms with Gasteiger partial charge >= 0.3 is 0 Å². The molecule has 0 N–H and O–H groups in total. The van der Waals surface area contributed by atoms with Gasteiger partial charge in [0, 0.05) is 10.0 Å². The Kier molecular flexibility index (Phi) is 5.22. The molecule has 7 heteroatoms. The predicted octanol–water partition coefficient (Wildman–Crippen LogP) is 3.51. The van der Waals surface area contributed by atoms with Crippen molar-refractivity contribution in [2.45, 2.75) is 6.61 Å². The smallest absolute Gasteiger partial charge is 0.141 e. The molecule has 0 radical (unpaired) electrons. The first-order valence-electron chi connectivity index (χ1n) is 7.19. The fourth-order valence-corrected chi connectivity index (χ4v) is 2.34. The second-order valence-corrected chi connectivity index (χ2v) is 5.82. The van der Waals surface area contributed by atoms with Crippen LogP contribution in [0.25, 0.3) is 0 Å². The average Bonchev–Trinajstić information content (AvgIpc) is 3.13. The Morgan fingerprint density at radius 3 is 2.58 bits per heavy atom. The molecule has 0 aliphatic rings. The summed E-state index contributed by atoms with van der Waals surface area (Å²) < 4.78 is 13.8. The van der Waals surface area contributed by atoms with Crippen LogP contribution in [0.2, 0.25) is 0 Å². The summed E-state index contributed by atoms with van der Waals surface area (Å²) in [6.07, 6.45) is 4.78. The Bertz CT molecular complexity index is 817. The van der Waals surface area contributed by atoms with Crippen molar-refractivity contribution >= 4 is 22.1 Å². The van der Waals surface area contributed by atoms with Gasteiger partial charge in [-0.25, -0.2) is 4.68 Å². The number of ether oxygens (including phenoxy) is 2. The minimum absolute atomic E-state index is 0.402. The van der Waals surface area contributed by atoms with Gasteiger partial charge in [0.15, 0.2) is 0 Å². The highest BCUT2D eigenvalue weighted by Gasteiger charge is 2.05. The standard InChI is InChI=1S/C17H15BrN4O2/c1-23-17-7-2-13(9-21-22-11-19-20-12-22)8-14(17)10-24-16-5-3-15(18)4-6-16/h2-9,11-12H,10H2,1H3/b21-9+. The molecule has 0 bridgehead atoms. The van der Waals surface area contributed by atoms with E-state index in [-0.39, 0.29) is 0 Å². The van der Waals surface area contributed by atoms with Gasteiger partial charge in [-0.2, -0.15) is 5.10 Å². The minimum atomic E-state index is 0.402. The molecule has 3 rings (SSSR count). The molecule has 6 nitrogen and oxygen atoms in total. The van der Waals surface area contributed by atoms with E-state index in [1.807, 2.05) is 42.5 Å². The lowest BCUT2D eigenvalue weighted by Gasteiger charge is -2.11. The Hall–Kier alpha value is -2.67. The topological polar surface area (TPSA) is 61.5 Å². The summed E-state index contributed by atoms with van der Waals surface area (Å²) in [5, 5.41) is 11.6. The van der Waals surface area contributed by atoms with Gasteiger partial charge in [0.05, 0.1) is 13.3 Å². The van der Waals surface area contributed by atoms with Gasteiger partial charge < -0.3 is 9.47 Å². The SMILES string of the molecule is COc1ccc(/C=N/n2cnnc2)cc1COc1ccc(Br)cc1. The average molecular weight is 387 g/mol. The van der Waals surface area contributed by atoms with Crippen LogP contribution < -0.4 is 9.47 Å². The third-order valence-electron chi connectivity index (χ3n) is 3.26. The summed E-state index contributed by atoms with van der Waals surface area (Å²) in [4.78, 5) is 0. The lowest BCUT2D eigenvalue weighted by molar-refractivity contribution is 0.296. The van der Waals surface area contributed by atoms with Crippen molar-refractivity contribution in [1.82, 2.24) is 14.9 Å². The lowest BCUT2D eigenvalue weighted by Crippen LogP contribution is -2.00. The van der Waals surface area contributed by atoms with Crippen LogP contribution in [0, 0.1) is 0 Å². The number of nitrogens with zero attached hydrogens (tertiary/aromatic N) is 4.